The zero-order valence-corrected chi connectivity index (χ0v) is 28.9. The van der Waals surface area contributed by atoms with Crippen molar-refractivity contribution in [3.05, 3.63) is 103 Å². The third-order valence-electron chi connectivity index (χ3n) is 10.7. The number of esters is 1. The molecule has 7 atom stereocenters. The average molecular weight is 692 g/mol. The van der Waals surface area contributed by atoms with Crippen LogP contribution in [-0.4, -0.2) is 77.2 Å². The minimum atomic E-state index is -1.42. The van der Waals surface area contributed by atoms with Crippen LogP contribution in [0.3, 0.4) is 0 Å². The summed E-state index contributed by atoms with van der Waals surface area (Å²) < 4.78 is 13.2. The minimum Gasteiger partial charge on any atom is -0.455 e. The molecule has 7 rings (SSSR count). The second-order valence-corrected chi connectivity index (χ2v) is 14.0. The Morgan fingerprint density at radius 1 is 0.882 bits per heavy atom. The molecule has 3 aromatic rings. The Balaban J connectivity index is 1.28. The largest absolute Gasteiger partial charge is 0.455 e. The van der Waals surface area contributed by atoms with Crippen molar-refractivity contribution >= 4 is 40.2 Å². The van der Waals surface area contributed by atoms with Crippen molar-refractivity contribution in [2.75, 3.05) is 24.6 Å². The number of allylic oxidation sites excluding steroid dienone is 1. The monoisotopic (exact) mass is 691 g/mol. The van der Waals surface area contributed by atoms with E-state index in [9.17, 15) is 24.3 Å². The molecule has 4 heterocycles. The first-order chi connectivity index (χ1) is 24.8. The Kier molecular flexibility index (Phi) is 10.1. The maximum atomic E-state index is 14.9. The Morgan fingerprint density at radius 2 is 1.65 bits per heavy atom. The lowest BCUT2D eigenvalue weighted by Crippen LogP contribution is -2.55. The number of aliphatic hydroxyl groups excluding tert-OH is 1. The first-order valence-corrected chi connectivity index (χ1v) is 18.1. The number of amides is 3. The smallest absolute Gasteiger partial charge is 0.313 e. The van der Waals surface area contributed by atoms with Crippen molar-refractivity contribution < 1.29 is 33.8 Å². The number of anilines is 1. The lowest BCUT2D eigenvalue weighted by molar-refractivity contribution is -0.161. The lowest BCUT2D eigenvalue weighted by atomic mass is 9.77. The normalized spacial score (nSPS) is 30.1. The predicted molar refractivity (Wildman–Crippen MR) is 192 cm³/mol. The molecule has 0 saturated carbocycles. The second kappa shape index (κ2) is 14.8. The summed E-state index contributed by atoms with van der Waals surface area (Å²) >= 11 is 0. The van der Waals surface area contributed by atoms with E-state index in [0.29, 0.717) is 37.1 Å². The van der Waals surface area contributed by atoms with Gasteiger partial charge in [-0.1, -0.05) is 97.8 Å². The van der Waals surface area contributed by atoms with Gasteiger partial charge >= 0.3 is 5.97 Å². The number of fused-ring (bicyclic) bond motifs is 3. The van der Waals surface area contributed by atoms with Gasteiger partial charge in [-0.2, -0.15) is 0 Å². The zero-order valence-electron chi connectivity index (χ0n) is 28.9. The van der Waals surface area contributed by atoms with Crippen LogP contribution < -0.4 is 10.2 Å². The van der Waals surface area contributed by atoms with Crippen molar-refractivity contribution in [1.29, 1.82) is 0 Å². The highest BCUT2D eigenvalue weighted by Crippen LogP contribution is 2.53. The second-order valence-electron chi connectivity index (χ2n) is 14.0. The van der Waals surface area contributed by atoms with Gasteiger partial charge in [0.05, 0.1) is 18.1 Å². The van der Waals surface area contributed by atoms with Gasteiger partial charge in [0, 0.05) is 31.8 Å². The number of carbonyl (C=O) groups is 4. The van der Waals surface area contributed by atoms with Crippen LogP contribution >= 0.6 is 0 Å². The molecule has 0 aliphatic carbocycles. The molecule has 0 aromatic heterocycles. The lowest BCUT2D eigenvalue weighted by Gasteiger charge is -2.35. The van der Waals surface area contributed by atoms with Gasteiger partial charge in [-0.25, -0.2) is 0 Å². The molecule has 2 fully saturated rings. The van der Waals surface area contributed by atoms with Crippen LogP contribution in [0.4, 0.5) is 5.69 Å². The van der Waals surface area contributed by atoms with E-state index in [1.54, 1.807) is 22.8 Å². The summed E-state index contributed by atoms with van der Waals surface area (Å²) in [4.78, 5) is 60.4. The van der Waals surface area contributed by atoms with Crippen molar-refractivity contribution in [1.82, 2.24) is 10.2 Å². The SMILES string of the molecule is C[C@@H]1NC(=O)CC/C=C\[C@@H]2O[C@@]34C=CCN(c5ccc6ccccc6c5)C(=O)[C@@H]3N(CCCCCCO)C(=O)[C@H]4[C@@H]2C(=O)O[C@H]1c1ccccc1. The summed E-state index contributed by atoms with van der Waals surface area (Å²) in [7, 11) is 0. The number of carbonyl (C=O) groups excluding carboxylic acids is 4. The summed E-state index contributed by atoms with van der Waals surface area (Å²) in [5.41, 5.74) is -0.00181. The number of cyclic esters (lactones) is 1. The van der Waals surface area contributed by atoms with Crippen molar-refractivity contribution in [3.8, 4) is 0 Å². The molecule has 4 aliphatic heterocycles. The van der Waals surface area contributed by atoms with Crippen LogP contribution in [-0.2, 0) is 28.7 Å². The maximum absolute atomic E-state index is 14.9. The summed E-state index contributed by atoms with van der Waals surface area (Å²) in [6, 6.07) is 21.5. The van der Waals surface area contributed by atoms with Gasteiger partial charge in [-0.3, -0.25) is 19.2 Å². The molecular formula is C41H45N3O7. The Morgan fingerprint density at radius 3 is 2.45 bits per heavy atom. The van der Waals surface area contributed by atoms with Crippen LogP contribution in [0.1, 0.15) is 57.1 Å². The predicted octanol–water partition coefficient (Wildman–Crippen LogP) is 5.02. The molecule has 10 heteroatoms. The highest BCUT2D eigenvalue weighted by Gasteiger charge is 2.71. The fraction of sp³-hybridized carbons (Fsp3) is 0.415. The molecule has 266 valence electrons. The van der Waals surface area contributed by atoms with E-state index in [1.165, 1.54) is 0 Å². The van der Waals surface area contributed by atoms with Crippen LogP contribution in [0.5, 0.6) is 0 Å². The van der Waals surface area contributed by atoms with E-state index in [1.807, 2.05) is 91.0 Å². The number of benzene rings is 3. The van der Waals surface area contributed by atoms with E-state index < -0.39 is 47.7 Å². The van der Waals surface area contributed by atoms with Gasteiger partial charge in [0.2, 0.25) is 11.8 Å². The van der Waals surface area contributed by atoms with Gasteiger partial charge in [-0.15, -0.1) is 0 Å². The number of hydrogen-bond acceptors (Lipinski definition) is 7. The van der Waals surface area contributed by atoms with E-state index in [2.05, 4.69) is 5.32 Å². The number of rotatable bonds is 8. The molecule has 2 N–H and O–H groups in total. The molecule has 0 radical (unpaired) electrons. The summed E-state index contributed by atoms with van der Waals surface area (Å²) in [5, 5.41) is 14.3. The molecule has 0 bridgehead atoms. The van der Waals surface area contributed by atoms with Crippen molar-refractivity contribution in [2.24, 2.45) is 11.8 Å². The third-order valence-corrected chi connectivity index (χ3v) is 10.7. The number of ether oxygens (including phenoxy) is 2. The fourth-order valence-electron chi connectivity index (χ4n) is 8.27. The number of nitrogens with one attached hydrogen (secondary N) is 1. The van der Waals surface area contributed by atoms with Gasteiger partial charge < -0.3 is 29.7 Å². The van der Waals surface area contributed by atoms with Crippen LogP contribution in [0.25, 0.3) is 10.8 Å². The van der Waals surface area contributed by atoms with E-state index in [-0.39, 0.29) is 37.3 Å². The topological polar surface area (TPSA) is 125 Å². The molecule has 51 heavy (non-hydrogen) atoms. The molecule has 1 spiro atoms. The number of aliphatic hydroxyl groups is 1. The molecule has 0 unspecified atom stereocenters. The highest BCUT2D eigenvalue weighted by molar-refractivity contribution is 6.06. The Labute approximate surface area is 298 Å². The molecular weight excluding hydrogens is 646 g/mol. The first-order valence-electron chi connectivity index (χ1n) is 18.1. The Hall–Kier alpha value is -4.80. The van der Waals surface area contributed by atoms with E-state index in [0.717, 1.165) is 23.6 Å². The molecule has 2 saturated heterocycles. The standard InChI is InChI=1S/C41H45N3O7/c1-27-36(29-15-5-4-6-16-29)50-40(49)34-32(18-9-10-19-33(46)42-27)51-41-22-13-24-43(31-21-20-28-14-7-8-17-30(28)26-31)39(48)37(41)44(38(47)35(34)41)23-11-2-3-12-25-45/h4-9,13-18,20-22,26-27,32,34-37,45H,2-3,10-12,19,23-25H2,1H3,(H,42,46)/b18-9-/t27-,32-,34+,35+,36+,37-,41+/m0/s1. The van der Waals surface area contributed by atoms with E-state index >= 15 is 0 Å². The number of unbranched alkanes of at least 4 members (excludes halogenated alkanes) is 3. The quantitative estimate of drug-likeness (QED) is 0.193. The van der Waals surface area contributed by atoms with Crippen LogP contribution in [0, 0.1) is 11.8 Å². The van der Waals surface area contributed by atoms with Crippen molar-refractivity contribution in [3.63, 3.8) is 0 Å². The number of likely N-dealkylation sites (tertiary alicyclic amines) is 1. The molecule has 4 aliphatic rings. The van der Waals surface area contributed by atoms with Gasteiger partial charge in [0.15, 0.2) is 0 Å². The van der Waals surface area contributed by atoms with Crippen molar-refractivity contribution in [2.45, 2.75) is 75.3 Å². The summed E-state index contributed by atoms with van der Waals surface area (Å²) in [6.45, 7) is 2.47. The first kappa shape index (κ1) is 34.6. The molecule has 10 nitrogen and oxygen atoms in total. The highest BCUT2D eigenvalue weighted by atomic mass is 16.6. The summed E-state index contributed by atoms with van der Waals surface area (Å²) in [5.74, 6) is -3.42. The maximum Gasteiger partial charge on any atom is 0.313 e. The molecule has 3 aromatic carbocycles. The van der Waals surface area contributed by atoms with Crippen LogP contribution in [0.2, 0.25) is 0 Å². The third kappa shape index (κ3) is 6.58. The summed E-state index contributed by atoms with van der Waals surface area (Å²) in [6.07, 6.45) is 9.09. The average Bonchev–Trinajstić information content (AvgIpc) is 3.52. The fourth-order valence-corrected chi connectivity index (χ4v) is 8.27. The number of nitrogens with zero attached hydrogens (tertiary/aromatic N) is 2. The molecule has 3 amide bonds. The zero-order chi connectivity index (χ0) is 35.5. The Bertz CT molecular complexity index is 1840. The number of hydrogen-bond donors (Lipinski definition) is 2. The van der Waals surface area contributed by atoms with Gasteiger partial charge in [-0.05, 0) is 54.7 Å². The van der Waals surface area contributed by atoms with Gasteiger partial charge in [0.1, 0.15) is 23.7 Å². The van der Waals surface area contributed by atoms with Gasteiger partial charge in [0.25, 0.3) is 5.91 Å². The minimum absolute atomic E-state index is 0.0965. The van der Waals surface area contributed by atoms with Crippen LogP contribution in [0.15, 0.2) is 97.1 Å². The van der Waals surface area contributed by atoms with E-state index in [4.69, 9.17) is 9.47 Å².